The maximum absolute atomic E-state index is 10.9. The lowest BCUT2D eigenvalue weighted by Crippen LogP contribution is -2.06. The van der Waals surface area contributed by atoms with Crippen LogP contribution in [0.2, 0.25) is 0 Å². The Labute approximate surface area is 116 Å². The molecule has 0 saturated heterocycles. The molecular weight excluding hydrogens is 260 g/mol. The van der Waals surface area contributed by atoms with Crippen molar-refractivity contribution in [1.82, 2.24) is 15.2 Å². The molecule has 0 spiro atoms. The van der Waals surface area contributed by atoms with Gasteiger partial charge in [0.2, 0.25) is 17.0 Å². The number of thioether (sulfide) groups is 1. The third kappa shape index (κ3) is 3.82. The van der Waals surface area contributed by atoms with E-state index in [0.29, 0.717) is 11.1 Å². The quantitative estimate of drug-likeness (QED) is 0.842. The minimum atomic E-state index is -0.165. The number of benzene rings is 1. The Kier molecular flexibility index (Phi) is 4.21. The van der Waals surface area contributed by atoms with Gasteiger partial charge in [-0.2, -0.15) is 4.98 Å². The number of aryl methyl sites for hydroxylation is 2. The molecule has 0 saturated carbocycles. The molecule has 5 nitrogen and oxygen atoms in total. The topological polar surface area (TPSA) is 70.7 Å². The molecule has 0 radical (unpaired) electrons. The maximum atomic E-state index is 10.9. The molecule has 0 unspecified atom stereocenters. The molecule has 2 N–H and O–H groups in total. The van der Waals surface area contributed by atoms with E-state index in [-0.39, 0.29) is 5.91 Å². The smallest absolute Gasteiger partial charge is 0.226 e. The van der Waals surface area contributed by atoms with Crippen LogP contribution in [-0.4, -0.2) is 21.1 Å². The predicted molar refractivity (Wildman–Crippen MR) is 76.2 cm³/mol. The number of carbonyl (C=O) groups is 1. The highest BCUT2D eigenvalue weighted by Gasteiger charge is 2.06. The number of hydrogen-bond donors (Lipinski definition) is 2. The van der Waals surface area contributed by atoms with E-state index >= 15 is 0 Å². The summed E-state index contributed by atoms with van der Waals surface area (Å²) in [6.45, 7) is 5.62. The zero-order valence-electron chi connectivity index (χ0n) is 11.2. The number of anilines is 1. The fourth-order valence-electron chi connectivity index (χ4n) is 1.68. The number of carbonyl (C=O) groups excluding carboxylic acids is 1. The fourth-order valence-corrected chi connectivity index (χ4v) is 2.56. The van der Waals surface area contributed by atoms with E-state index in [9.17, 15) is 4.79 Å². The van der Waals surface area contributed by atoms with Gasteiger partial charge in [0.1, 0.15) is 0 Å². The van der Waals surface area contributed by atoms with Gasteiger partial charge in [0.15, 0.2) is 0 Å². The number of amides is 1. The first-order valence-electron chi connectivity index (χ1n) is 5.93. The monoisotopic (exact) mass is 276 g/mol. The summed E-state index contributed by atoms with van der Waals surface area (Å²) in [5, 5.41) is 9.92. The van der Waals surface area contributed by atoms with Crippen molar-refractivity contribution in [2.45, 2.75) is 31.7 Å². The van der Waals surface area contributed by atoms with E-state index in [1.165, 1.54) is 35.4 Å². The fraction of sp³-hybridized carbons (Fsp3) is 0.308. The third-order valence-electron chi connectivity index (χ3n) is 2.61. The van der Waals surface area contributed by atoms with Crippen LogP contribution in [0.15, 0.2) is 23.4 Å². The molecule has 0 aliphatic rings. The molecule has 1 aromatic carbocycles. The van der Waals surface area contributed by atoms with Crippen LogP contribution < -0.4 is 5.32 Å². The first-order valence-corrected chi connectivity index (χ1v) is 6.92. The van der Waals surface area contributed by atoms with E-state index in [0.717, 1.165) is 5.75 Å². The molecule has 0 fully saturated rings. The standard InChI is InChI=1S/C13H16N4OS/c1-8-4-5-11(9(2)6-8)7-19-13-15-12(16-17-13)14-10(3)18/h4-6H,7H2,1-3H3,(H2,14,15,16,17,18). The van der Waals surface area contributed by atoms with Crippen molar-refractivity contribution in [2.24, 2.45) is 0 Å². The molecule has 1 amide bonds. The SMILES string of the molecule is CC(=O)Nc1nc(SCc2ccc(C)cc2C)n[nH]1. The zero-order chi connectivity index (χ0) is 13.8. The molecule has 100 valence electrons. The van der Waals surface area contributed by atoms with E-state index in [4.69, 9.17) is 0 Å². The van der Waals surface area contributed by atoms with E-state index in [1.807, 2.05) is 0 Å². The van der Waals surface area contributed by atoms with Crippen molar-refractivity contribution in [3.05, 3.63) is 34.9 Å². The van der Waals surface area contributed by atoms with Crippen LogP contribution in [0.4, 0.5) is 5.95 Å². The van der Waals surface area contributed by atoms with Crippen LogP contribution in [0.1, 0.15) is 23.6 Å². The average molecular weight is 276 g/mol. The minimum Gasteiger partial charge on any atom is -0.295 e. The second-order valence-corrected chi connectivity index (χ2v) is 5.31. The van der Waals surface area contributed by atoms with Crippen molar-refractivity contribution >= 4 is 23.6 Å². The molecule has 1 aromatic heterocycles. The summed E-state index contributed by atoms with van der Waals surface area (Å²) in [4.78, 5) is 15.0. The van der Waals surface area contributed by atoms with Crippen molar-refractivity contribution < 1.29 is 4.79 Å². The molecule has 0 aliphatic carbocycles. The average Bonchev–Trinajstić information content (AvgIpc) is 2.74. The maximum Gasteiger partial charge on any atom is 0.226 e. The Morgan fingerprint density at radius 1 is 1.42 bits per heavy atom. The highest BCUT2D eigenvalue weighted by Crippen LogP contribution is 2.22. The lowest BCUT2D eigenvalue weighted by molar-refractivity contribution is -0.114. The lowest BCUT2D eigenvalue weighted by atomic mass is 10.1. The van der Waals surface area contributed by atoms with Gasteiger partial charge in [-0.25, -0.2) is 5.10 Å². The van der Waals surface area contributed by atoms with E-state index in [1.54, 1.807) is 0 Å². The van der Waals surface area contributed by atoms with E-state index in [2.05, 4.69) is 52.5 Å². The Hall–Kier alpha value is -1.82. The lowest BCUT2D eigenvalue weighted by Gasteiger charge is -2.04. The van der Waals surface area contributed by atoms with Crippen LogP contribution in [0.3, 0.4) is 0 Å². The van der Waals surface area contributed by atoms with Gasteiger partial charge >= 0.3 is 0 Å². The predicted octanol–water partition coefficient (Wildman–Crippen LogP) is 2.67. The second-order valence-electron chi connectivity index (χ2n) is 4.37. The third-order valence-corrected chi connectivity index (χ3v) is 3.51. The summed E-state index contributed by atoms with van der Waals surface area (Å²) in [5.74, 6) is 1.03. The second kappa shape index (κ2) is 5.88. The highest BCUT2D eigenvalue weighted by molar-refractivity contribution is 7.98. The molecule has 1 heterocycles. The summed E-state index contributed by atoms with van der Waals surface area (Å²) in [7, 11) is 0. The summed E-state index contributed by atoms with van der Waals surface area (Å²) in [6.07, 6.45) is 0. The number of rotatable bonds is 4. The highest BCUT2D eigenvalue weighted by atomic mass is 32.2. The Balaban J connectivity index is 1.98. The molecule has 0 aliphatic heterocycles. The van der Waals surface area contributed by atoms with Gasteiger partial charge in [0.25, 0.3) is 0 Å². The number of H-pyrrole nitrogens is 1. The van der Waals surface area contributed by atoms with Crippen molar-refractivity contribution in [1.29, 1.82) is 0 Å². The van der Waals surface area contributed by atoms with Crippen LogP contribution >= 0.6 is 11.8 Å². The number of nitrogens with one attached hydrogen (secondary N) is 2. The Morgan fingerprint density at radius 3 is 2.89 bits per heavy atom. The normalized spacial score (nSPS) is 10.5. The first kappa shape index (κ1) is 13.6. The van der Waals surface area contributed by atoms with Crippen LogP contribution in [0, 0.1) is 13.8 Å². The number of aromatic nitrogens is 3. The van der Waals surface area contributed by atoms with Gasteiger partial charge in [-0.3, -0.25) is 10.1 Å². The first-order chi connectivity index (χ1) is 9.04. The van der Waals surface area contributed by atoms with Crippen LogP contribution in [-0.2, 0) is 10.5 Å². The summed E-state index contributed by atoms with van der Waals surface area (Å²) in [5.41, 5.74) is 3.80. The summed E-state index contributed by atoms with van der Waals surface area (Å²) < 4.78 is 0. The molecule has 6 heteroatoms. The number of hydrogen-bond acceptors (Lipinski definition) is 4. The summed E-state index contributed by atoms with van der Waals surface area (Å²) >= 11 is 1.54. The number of nitrogens with zero attached hydrogens (tertiary/aromatic N) is 2. The van der Waals surface area contributed by atoms with Crippen molar-refractivity contribution in [2.75, 3.05) is 5.32 Å². The zero-order valence-corrected chi connectivity index (χ0v) is 12.0. The van der Waals surface area contributed by atoms with Crippen LogP contribution in [0.25, 0.3) is 0 Å². The molecule has 0 bridgehead atoms. The molecule has 2 rings (SSSR count). The molecule has 19 heavy (non-hydrogen) atoms. The molecular formula is C13H16N4OS. The summed E-state index contributed by atoms with van der Waals surface area (Å²) in [6, 6.07) is 6.39. The van der Waals surface area contributed by atoms with Crippen molar-refractivity contribution in [3.63, 3.8) is 0 Å². The van der Waals surface area contributed by atoms with Gasteiger partial charge in [-0.15, -0.1) is 5.10 Å². The Bertz CT molecular complexity index is 594. The largest absolute Gasteiger partial charge is 0.295 e. The van der Waals surface area contributed by atoms with Gasteiger partial charge < -0.3 is 0 Å². The van der Waals surface area contributed by atoms with Gasteiger partial charge in [0, 0.05) is 12.7 Å². The van der Waals surface area contributed by atoms with Crippen LogP contribution in [0.5, 0.6) is 0 Å². The van der Waals surface area contributed by atoms with Gasteiger partial charge in [-0.1, -0.05) is 35.5 Å². The van der Waals surface area contributed by atoms with Crippen molar-refractivity contribution in [3.8, 4) is 0 Å². The van der Waals surface area contributed by atoms with Gasteiger partial charge in [0.05, 0.1) is 0 Å². The molecule has 0 atom stereocenters. The number of aromatic amines is 1. The Morgan fingerprint density at radius 2 is 2.21 bits per heavy atom. The van der Waals surface area contributed by atoms with E-state index < -0.39 is 0 Å². The molecule has 2 aromatic rings. The minimum absolute atomic E-state index is 0.165. The van der Waals surface area contributed by atoms with Gasteiger partial charge in [-0.05, 0) is 25.0 Å².